The first kappa shape index (κ1) is 14.3. The van der Waals surface area contributed by atoms with Crippen molar-refractivity contribution in [2.45, 2.75) is 58.7 Å². The minimum absolute atomic E-state index is 0.261. The second-order valence-electron chi connectivity index (χ2n) is 6.07. The summed E-state index contributed by atoms with van der Waals surface area (Å²) >= 11 is 2.08. The van der Waals surface area contributed by atoms with Crippen molar-refractivity contribution in [1.29, 1.82) is 0 Å². The third kappa shape index (κ3) is 3.38. The van der Waals surface area contributed by atoms with E-state index in [1.165, 1.54) is 17.9 Å². The van der Waals surface area contributed by atoms with Gasteiger partial charge < -0.3 is 5.73 Å². The maximum Gasteiger partial charge on any atom is 0.0295 e. The Hall–Kier alpha value is 0.270. The lowest BCUT2D eigenvalue weighted by atomic mass is 9.80. The lowest BCUT2D eigenvalue weighted by molar-refractivity contribution is 0.0715. The summed E-state index contributed by atoms with van der Waals surface area (Å²) in [5.74, 6) is 2.59. The maximum absolute atomic E-state index is 6.32. The van der Waals surface area contributed by atoms with Crippen LogP contribution in [0.3, 0.4) is 0 Å². The SMILES string of the molecule is CCC(N)C(N(C)C1CCSC1)C(C)(C)C. The number of nitrogens with two attached hydrogens (primary N) is 1. The van der Waals surface area contributed by atoms with Crippen LogP contribution in [0.25, 0.3) is 0 Å². The van der Waals surface area contributed by atoms with E-state index in [0.29, 0.717) is 6.04 Å². The molecule has 2 nitrogen and oxygen atoms in total. The molecule has 0 aromatic heterocycles. The van der Waals surface area contributed by atoms with Gasteiger partial charge in [-0.05, 0) is 31.1 Å². The summed E-state index contributed by atoms with van der Waals surface area (Å²) in [4.78, 5) is 2.55. The van der Waals surface area contributed by atoms with Crippen LogP contribution in [0.5, 0.6) is 0 Å². The Morgan fingerprint density at radius 1 is 1.44 bits per heavy atom. The van der Waals surface area contributed by atoms with Crippen molar-refractivity contribution in [3.8, 4) is 0 Å². The molecule has 1 aliphatic heterocycles. The molecular formula is C13H28N2S. The van der Waals surface area contributed by atoms with Crippen molar-refractivity contribution in [2.75, 3.05) is 18.6 Å². The molecule has 1 saturated heterocycles. The highest BCUT2D eigenvalue weighted by Gasteiger charge is 2.36. The molecule has 1 aliphatic rings. The van der Waals surface area contributed by atoms with Crippen molar-refractivity contribution in [3.63, 3.8) is 0 Å². The average Bonchev–Trinajstić information content (AvgIpc) is 2.68. The number of nitrogens with zero attached hydrogens (tertiary/aromatic N) is 1. The van der Waals surface area contributed by atoms with E-state index in [4.69, 9.17) is 5.73 Å². The molecule has 96 valence electrons. The lowest BCUT2D eigenvalue weighted by Crippen LogP contribution is -2.56. The molecule has 0 spiro atoms. The first-order valence-electron chi connectivity index (χ1n) is 6.43. The van der Waals surface area contributed by atoms with Gasteiger partial charge >= 0.3 is 0 Å². The molecule has 0 aromatic rings. The monoisotopic (exact) mass is 244 g/mol. The molecule has 3 heteroatoms. The van der Waals surface area contributed by atoms with Crippen molar-refractivity contribution < 1.29 is 0 Å². The van der Waals surface area contributed by atoms with E-state index in [9.17, 15) is 0 Å². The minimum Gasteiger partial charge on any atom is -0.326 e. The molecule has 0 aromatic carbocycles. The van der Waals surface area contributed by atoms with Gasteiger partial charge in [0, 0.05) is 23.9 Å². The fourth-order valence-corrected chi connectivity index (χ4v) is 4.13. The van der Waals surface area contributed by atoms with Gasteiger partial charge in [-0.1, -0.05) is 27.7 Å². The van der Waals surface area contributed by atoms with Crippen LogP contribution < -0.4 is 5.73 Å². The molecule has 1 fully saturated rings. The fourth-order valence-electron chi connectivity index (χ4n) is 2.85. The number of rotatable bonds is 4. The van der Waals surface area contributed by atoms with Crippen molar-refractivity contribution in [3.05, 3.63) is 0 Å². The number of hydrogen-bond donors (Lipinski definition) is 1. The van der Waals surface area contributed by atoms with Crippen LogP contribution in [0.4, 0.5) is 0 Å². The van der Waals surface area contributed by atoms with Gasteiger partial charge in [0.05, 0.1) is 0 Å². The molecule has 0 amide bonds. The van der Waals surface area contributed by atoms with Crippen molar-refractivity contribution in [1.82, 2.24) is 4.90 Å². The Balaban J connectivity index is 2.75. The highest BCUT2D eigenvalue weighted by molar-refractivity contribution is 7.99. The van der Waals surface area contributed by atoms with E-state index in [1.807, 2.05) is 0 Å². The smallest absolute Gasteiger partial charge is 0.0295 e. The summed E-state index contributed by atoms with van der Waals surface area (Å²) in [6, 6.07) is 1.50. The van der Waals surface area contributed by atoms with Crippen molar-refractivity contribution >= 4 is 11.8 Å². The quantitative estimate of drug-likeness (QED) is 0.824. The van der Waals surface area contributed by atoms with Gasteiger partial charge in [0.15, 0.2) is 0 Å². The van der Waals surface area contributed by atoms with E-state index in [2.05, 4.69) is 51.4 Å². The number of hydrogen-bond acceptors (Lipinski definition) is 3. The van der Waals surface area contributed by atoms with Gasteiger partial charge in [-0.15, -0.1) is 0 Å². The standard InChI is InChI=1S/C13H28N2S/c1-6-11(14)12(13(2,3)4)15(5)10-7-8-16-9-10/h10-12H,6-9,14H2,1-5H3. The molecule has 0 aliphatic carbocycles. The summed E-state index contributed by atoms with van der Waals surface area (Å²) in [6.45, 7) is 9.13. The van der Waals surface area contributed by atoms with Crippen LogP contribution in [0.1, 0.15) is 40.5 Å². The van der Waals surface area contributed by atoms with E-state index in [-0.39, 0.29) is 11.5 Å². The molecule has 0 radical (unpaired) electrons. The summed E-state index contributed by atoms with van der Waals surface area (Å²) in [5.41, 5.74) is 6.58. The van der Waals surface area contributed by atoms with Gasteiger partial charge in [-0.25, -0.2) is 0 Å². The largest absolute Gasteiger partial charge is 0.326 e. The van der Waals surface area contributed by atoms with E-state index < -0.39 is 0 Å². The number of thioether (sulfide) groups is 1. The van der Waals surface area contributed by atoms with Crippen LogP contribution in [0.2, 0.25) is 0 Å². The van der Waals surface area contributed by atoms with Gasteiger partial charge in [0.25, 0.3) is 0 Å². The van der Waals surface area contributed by atoms with Crippen LogP contribution in [0.15, 0.2) is 0 Å². The van der Waals surface area contributed by atoms with Gasteiger partial charge in [-0.2, -0.15) is 11.8 Å². The Morgan fingerprint density at radius 3 is 2.44 bits per heavy atom. The van der Waals surface area contributed by atoms with Gasteiger partial charge in [-0.3, -0.25) is 4.90 Å². The Labute approximate surface area is 105 Å². The third-order valence-corrected chi connectivity index (χ3v) is 4.83. The van der Waals surface area contributed by atoms with Crippen LogP contribution in [0, 0.1) is 5.41 Å². The first-order valence-corrected chi connectivity index (χ1v) is 7.58. The molecule has 3 atom stereocenters. The summed E-state index contributed by atoms with van der Waals surface area (Å²) in [5, 5.41) is 0. The average molecular weight is 244 g/mol. The number of likely N-dealkylation sites (N-methyl/N-ethyl adjacent to an activating group) is 1. The predicted molar refractivity (Wildman–Crippen MR) is 75.0 cm³/mol. The molecule has 0 saturated carbocycles. The summed E-state index contributed by atoms with van der Waals surface area (Å²) < 4.78 is 0. The zero-order valence-electron chi connectivity index (χ0n) is 11.5. The zero-order chi connectivity index (χ0) is 12.3. The Kier molecular flexibility index (Phi) is 5.14. The molecule has 16 heavy (non-hydrogen) atoms. The van der Waals surface area contributed by atoms with Gasteiger partial charge in [0.1, 0.15) is 0 Å². The Bertz CT molecular complexity index is 206. The van der Waals surface area contributed by atoms with Crippen molar-refractivity contribution in [2.24, 2.45) is 11.1 Å². The first-order chi connectivity index (χ1) is 7.38. The predicted octanol–water partition coefficient (Wildman–Crippen LogP) is 2.58. The van der Waals surface area contributed by atoms with E-state index in [1.54, 1.807) is 0 Å². The summed E-state index contributed by atoms with van der Waals surface area (Å²) in [7, 11) is 2.27. The molecule has 1 heterocycles. The Morgan fingerprint density at radius 2 is 2.06 bits per heavy atom. The summed E-state index contributed by atoms with van der Waals surface area (Å²) in [6.07, 6.45) is 2.39. The third-order valence-electron chi connectivity index (χ3n) is 3.68. The topological polar surface area (TPSA) is 29.3 Å². The van der Waals surface area contributed by atoms with Crippen LogP contribution >= 0.6 is 11.8 Å². The zero-order valence-corrected chi connectivity index (χ0v) is 12.3. The lowest BCUT2D eigenvalue weighted by Gasteiger charge is -2.44. The van der Waals surface area contributed by atoms with E-state index >= 15 is 0 Å². The maximum atomic E-state index is 6.32. The normalized spacial score (nSPS) is 26.1. The molecular weight excluding hydrogens is 216 g/mol. The van der Waals surface area contributed by atoms with Gasteiger partial charge in [0.2, 0.25) is 0 Å². The second kappa shape index (κ2) is 5.74. The highest BCUT2D eigenvalue weighted by Crippen LogP contribution is 2.31. The van der Waals surface area contributed by atoms with Crippen LogP contribution in [-0.2, 0) is 0 Å². The second-order valence-corrected chi connectivity index (χ2v) is 7.22. The molecule has 1 rings (SSSR count). The minimum atomic E-state index is 0.261. The highest BCUT2D eigenvalue weighted by atomic mass is 32.2. The molecule has 0 bridgehead atoms. The molecule has 2 N–H and O–H groups in total. The molecule has 3 unspecified atom stereocenters. The van der Waals surface area contributed by atoms with E-state index in [0.717, 1.165) is 12.5 Å². The van der Waals surface area contributed by atoms with Crippen LogP contribution in [-0.4, -0.2) is 41.6 Å². The fraction of sp³-hybridized carbons (Fsp3) is 1.00.